The maximum absolute atomic E-state index is 12.4. The van der Waals surface area contributed by atoms with E-state index in [2.05, 4.69) is 5.32 Å². The van der Waals surface area contributed by atoms with Crippen LogP contribution in [0, 0.1) is 0 Å². The SMILES string of the molecule is BC(=O)N[C@H](CCc1ccc(C(F)(F)F)cc1)C(=O)O. The predicted molar refractivity (Wildman–Crippen MR) is 68.3 cm³/mol. The fourth-order valence-corrected chi connectivity index (χ4v) is 1.67. The standard InChI is InChI=1S/C12H13BF3NO3/c13-11(20)17-9(10(18)19)6-3-7-1-4-8(5-2-7)12(14,15)16/h1-2,4-5,9H,3,6,13H2,(H,17,20)(H,18,19)/t9-/m1/s1. The minimum atomic E-state index is -4.39. The molecule has 0 radical (unpaired) electrons. The van der Waals surface area contributed by atoms with E-state index in [-0.39, 0.29) is 12.8 Å². The van der Waals surface area contributed by atoms with Gasteiger partial charge in [-0.15, -0.1) is 0 Å². The molecule has 0 aliphatic rings. The molecule has 0 spiro atoms. The molecular formula is C12H13BF3NO3. The van der Waals surface area contributed by atoms with Gasteiger partial charge in [-0.2, -0.15) is 13.2 Å². The average molecular weight is 287 g/mol. The van der Waals surface area contributed by atoms with Gasteiger partial charge in [0.2, 0.25) is 7.85 Å². The van der Waals surface area contributed by atoms with Crippen molar-refractivity contribution in [2.75, 3.05) is 0 Å². The second-order valence-electron chi connectivity index (χ2n) is 4.32. The van der Waals surface area contributed by atoms with Gasteiger partial charge in [-0.3, -0.25) is 4.79 Å². The number of aliphatic carboxylic acids is 1. The highest BCUT2D eigenvalue weighted by atomic mass is 19.4. The summed E-state index contributed by atoms with van der Waals surface area (Å²) >= 11 is 0. The third-order valence-electron chi connectivity index (χ3n) is 2.68. The number of carboxylic acids is 1. The Morgan fingerprint density at radius 1 is 1.25 bits per heavy atom. The number of amides is 1. The number of aryl methyl sites for hydroxylation is 1. The van der Waals surface area contributed by atoms with E-state index in [1.807, 2.05) is 0 Å². The summed E-state index contributed by atoms with van der Waals surface area (Å²) in [4.78, 5) is 21.7. The molecule has 0 saturated heterocycles. The normalized spacial score (nSPS) is 12.8. The van der Waals surface area contributed by atoms with Gasteiger partial charge < -0.3 is 10.4 Å². The van der Waals surface area contributed by atoms with E-state index >= 15 is 0 Å². The monoisotopic (exact) mass is 287 g/mol. The molecule has 0 saturated carbocycles. The highest BCUT2D eigenvalue weighted by Crippen LogP contribution is 2.29. The molecule has 0 aliphatic heterocycles. The van der Waals surface area contributed by atoms with Crippen LogP contribution < -0.4 is 5.32 Å². The lowest BCUT2D eigenvalue weighted by Gasteiger charge is -2.13. The average Bonchev–Trinajstić information content (AvgIpc) is 2.33. The summed E-state index contributed by atoms with van der Waals surface area (Å²) in [5.41, 5.74) is -0.174. The first kappa shape index (κ1) is 16.1. The number of alkyl halides is 3. The van der Waals surface area contributed by atoms with Crippen LogP contribution in [0.5, 0.6) is 0 Å². The molecule has 0 fully saturated rings. The summed E-state index contributed by atoms with van der Waals surface area (Å²) in [5.74, 6) is -1.64. The minimum absolute atomic E-state index is 0.111. The Bertz CT molecular complexity index is 488. The van der Waals surface area contributed by atoms with Crippen LogP contribution in [0.15, 0.2) is 24.3 Å². The molecule has 20 heavy (non-hydrogen) atoms. The maximum Gasteiger partial charge on any atom is 0.416 e. The zero-order valence-electron chi connectivity index (χ0n) is 10.7. The summed E-state index contributed by atoms with van der Waals surface area (Å²) in [7, 11) is 1.20. The van der Waals surface area contributed by atoms with Crippen molar-refractivity contribution in [3.63, 3.8) is 0 Å². The van der Waals surface area contributed by atoms with Crippen LogP contribution in [0.25, 0.3) is 0 Å². The number of hydrogen-bond donors (Lipinski definition) is 2. The lowest BCUT2D eigenvalue weighted by Crippen LogP contribution is -2.40. The van der Waals surface area contributed by atoms with E-state index in [1.54, 1.807) is 0 Å². The zero-order chi connectivity index (χ0) is 15.3. The molecule has 0 heterocycles. The molecule has 1 aromatic carbocycles. The summed E-state index contributed by atoms with van der Waals surface area (Å²) in [6.07, 6.45) is -4.02. The minimum Gasteiger partial charge on any atom is -0.480 e. The molecule has 8 heteroatoms. The first-order valence-corrected chi connectivity index (χ1v) is 5.86. The molecule has 2 N–H and O–H groups in total. The van der Waals surface area contributed by atoms with Crippen LogP contribution in [-0.4, -0.2) is 30.8 Å². The summed E-state index contributed by atoms with van der Waals surface area (Å²) < 4.78 is 37.1. The van der Waals surface area contributed by atoms with Crippen LogP contribution in [0.1, 0.15) is 17.5 Å². The topological polar surface area (TPSA) is 66.4 Å². The quantitative estimate of drug-likeness (QED) is 0.805. The Hall–Kier alpha value is -1.99. The van der Waals surface area contributed by atoms with Gasteiger partial charge in [0.05, 0.1) is 5.56 Å². The van der Waals surface area contributed by atoms with Crippen molar-refractivity contribution in [3.8, 4) is 0 Å². The second-order valence-corrected chi connectivity index (χ2v) is 4.32. The Kier molecular flexibility index (Phi) is 5.18. The number of nitrogens with one attached hydrogen (secondary N) is 1. The number of halogens is 3. The van der Waals surface area contributed by atoms with Crippen molar-refractivity contribution in [3.05, 3.63) is 35.4 Å². The van der Waals surface area contributed by atoms with Crippen molar-refractivity contribution in [2.45, 2.75) is 25.1 Å². The zero-order valence-corrected chi connectivity index (χ0v) is 10.7. The van der Waals surface area contributed by atoms with Crippen LogP contribution in [-0.2, 0) is 17.4 Å². The predicted octanol–water partition coefficient (Wildman–Crippen LogP) is 1.43. The molecule has 0 aliphatic carbocycles. The number of carboxylic acid groups (broad SMARTS) is 1. The smallest absolute Gasteiger partial charge is 0.416 e. The molecule has 0 bridgehead atoms. The number of carbonyl (C=O) groups excluding carboxylic acids is 1. The Balaban J connectivity index is 2.64. The largest absolute Gasteiger partial charge is 0.480 e. The van der Waals surface area contributed by atoms with E-state index in [1.165, 1.54) is 20.0 Å². The highest BCUT2D eigenvalue weighted by molar-refractivity contribution is 6.57. The second kappa shape index (κ2) is 6.45. The number of carbonyl (C=O) groups is 2. The van der Waals surface area contributed by atoms with Gasteiger partial charge in [-0.1, -0.05) is 12.1 Å². The lowest BCUT2D eigenvalue weighted by molar-refractivity contribution is -0.139. The Morgan fingerprint density at radius 3 is 2.20 bits per heavy atom. The van der Waals surface area contributed by atoms with Crippen LogP contribution >= 0.6 is 0 Å². The van der Waals surface area contributed by atoms with E-state index in [0.717, 1.165) is 12.1 Å². The van der Waals surface area contributed by atoms with Gasteiger partial charge >= 0.3 is 12.1 Å². The number of benzene rings is 1. The molecule has 108 valence electrons. The van der Waals surface area contributed by atoms with Gasteiger partial charge in [-0.25, -0.2) is 4.79 Å². The van der Waals surface area contributed by atoms with Crippen molar-refractivity contribution < 1.29 is 27.9 Å². The molecule has 1 atom stereocenters. The van der Waals surface area contributed by atoms with Crippen molar-refractivity contribution in [1.29, 1.82) is 0 Å². The summed E-state index contributed by atoms with van der Waals surface area (Å²) in [5, 5.41) is 11.2. The molecule has 0 unspecified atom stereocenters. The fraction of sp³-hybridized carbons (Fsp3) is 0.333. The fourth-order valence-electron chi connectivity index (χ4n) is 1.67. The van der Waals surface area contributed by atoms with Crippen LogP contribution in [0.3, 0.4) is 0 Å². The highest BCUT2D eigenvalue weighted by Gasteiger charge is 2.29. The number of hydrogen-bond acceptors (Lipinski definition) is 2. The lowest BCUT2D eigenvalue weighted by atomic mass is 10.0. The van der Waals surface area contributed by atoms with Gasteiger partial charge in [0.15, 0.2) is 5.81 Å². The van der Waals surface area contributed by atoms with Gasteiger partial charge in [0, 0.05) is 0 Å². The molecule has 4 nitrogen and oxygen atoms in total. The van der Waals surface area contributed by atoms with Crippen molar-refractivity contribution >= 4 is 19.6 Å². The third kappa shape index (κ3) is 4.95. The molecule has 1 amide bonds. The van der Waals surface area contributed by atoms with Gasteiger partial charge in [0.1, 0.15) is 6.04 Å². The maximum atomic E-state index is 12.4. The molecule has 1 rings (SSSR count). The van der Waals surface area contributed by atoms with E-state index < -0.39 is 29.6 Å². The van der Waals surface area contributed by atoms with Crippen molar-refractivity contribution in [1.82, 2.24) is 5.32 Å². The Morgan fingerprint density at radius 2 is 1.80 bits per heavy atom. The van der Waals surface area contributed by atoms with Crippen LogP contribution in [0.4, 0.5) is 18.0 Å². The van der Waals surface area contributed by atoms with E-state index in [9.17, 15) is 22.8 Å². The molecule has 1 aromatic rings. The van der Waals surface area contributed by atoms with Gasteiger partial charge in [0.25, 0.3) is 0 Å². The third-order valence-corrected chi connectivity index (χ3v) is 2.68. The number of rotatable bonds is 5. The molecule has 0 aromatic heterocycles. The van der Waals surface area contributed by atoms with Gasteiger partial charge in [-0.05, 0) is 30.5 Å². The molecular weight excluding hydrogens is 274 g/mol. The van der Waals surface area contributed by atoms with E-state index in [4.69, 9.17) is 5.11 Å². The summed E-state index contributed by atoms with van der Waals surface area (Å²) in [6, 6.07) is 3.45. The van der Waals surface area contributed by atoms with E-state index in [0.29, 0.717) is 5.56 Å². The summed E-state index contributed by atoms with van der Waals surface area (Å²) in [6.45, 7) is 0. The van der Waals surface area contributed by atoms with Crippen LogP contribution in [0.2, 0.25) is 0 Å². The first-order chi connectivity index (χ1) is 9.20. The van der Waals surface area contributed by atoms with Crippen molar-refractivity contribution in [2.24, 2.45) is 0 Å². The Labute approximate surface area is 114 Å². The first-order valence-electron chi connectivity index (χ1n) is 5.86.